The molecule has 0 aliphatic carbocycles. The van der Waals surface area contributed by atoms with Crippen molar-refractivity contribution in [2.75, 3.05) is 30.3 Å². The van der Waals surface area contributed by atoms with E-state index in [1.54, 1.807) is 30.2 Å². The van der Waals surface area contributed by atoms with Gasteiger partial charge in [0.05, 0.1) is 32.5 Å². The molecule has 4 N–H and O–H groups in total. The number of nitrogens with zero attached hydrogens (tertiary/aromatic N) is 3. The number of esters is 1. The molecule has 1 aromatic carbocycles. The zero-order valence-electron chi connectivity index (χ0n) is 20.9. The van der Waals surface area contributed by atoms with Gasteiger partial charge in [0.1, 0.15) is 12.6 Å². The first-order chi connectivity index (χ1) is 18.5. The fourth-order valence-electron chi connectivity index (χ4n) is 4.07. The van der Waals surface area contributed by atoms with E-state index in [-0.39, 0.29) is 30.5 Å². The van der Waals surface area contributed by atoms with E-state index in [1.807, 2.05) is 0 Å². The lowest BCUT2D eigenvalue weighted by Crippen LogP contribution is -2.49. The third-order valence-corrected chi connectivity index (χ3v) is 8.82. The number of nitrogens with one attached hydrogen (secondary N) is 2. The Hall–Kier alpha value is -3.46. The highest BCUT2D eigenvalue weighted by atomic mass is 35.5. The Kier molecular flexibility index (Phi) is 8.90. The van der Waals surface area contributed by atoms with Crippen LogP contribution in [0.15, 0.2) is 47.6 Å². The number of ether oxygens (including phenoxy) is 1. The third-order valence-electron chi connectivity index (χ3n) is 5.97. The number of nitrogens with two attached hydrogens (primary N) is 1. The van der Waals surface area contributed by atoms with Crippen molar-refractivity contribution in [3.63, 3.8) is 0 Å². The van der Waals surface area contributed by atoms with Crippen LogP contribution >= 0.6 is 22.9 Å². The van der Waals surface area contributed by atoms with Crippen LogP contribution in [0.3, 0.4) is 0 Å². The number of carbonyl (C=O) groups excluding carboxylic acids is 3. The lowest BCUT2D eigenvalue weighted by molar-refractivity contribution is -0.145. The Labute approximate surface area is 234 Å². The molecule has 0 radical (unpaired) electrons. The minimum Gasteiger partial charge on any atom is -0.462 e. The standard InChI is InChI=1S/C24H27ClN6O6S2/c1-15-18(31-9-3-6-22(31)32)4-2-5-20(15)39(35,36)29-17(13-27-23(33)19-7-8-21(25)38-19)24(34)37-11-10-30-14-16(26)12-28-30/h2,4-5,7-8,12,14,17,29H,3,6,9-11,13,26H2,1H3,(H,27,33)/t17-/m0/s1. The smallest absolute Gasteiger partial charge is 0.326 e. The van der Waals surface area contributed by atoms with Gasteiger partial charge < -0.3 is 20.7 Å². The fourth-order valence-corrected chi connectivity index (χ4v) is 6.48. The van der Waals surface area contributed by atoms with Crippen molar-refractivity contribution in [2.45, 2.75) is 37.2 Å². The number of benzene rings is 1. The summed E-state index contributed by atoms with van der Waals surface area (Å²) in [7, 11) is -4.28. The summed E-state index contributed by atoms with van der Waals surface area (Å²) in [6.07, 6.45) is 4.07. The quantitative estimate of drug-likeness (QED) is 0.283. The number of carbonyl (C=O) groups is 3. The predicted molar refractivity (Wildman–Crippen MR) is 146 cm³/mol. The minimum atomic E-state index is -4.28. The lowest BCUT2D eigenvalue weighted by Gasteiger charge is -2.22. The van der Waals surface area contributed by atoms with E-state index < -0.39 is 27.9 Å². The highest BCUT2D eigenvalue weighted by molar-refractivity contribution is 7.89. The van der Waals surface area contributed by atoms with E-state index in [0.29, 0.717) is 45.5 Å². The van der Waals surface area contributed by atoms with Crippen LogP contribution < -0.4 is 20.7 Å². The number of aromatic nitrogens is 2. The predicted octanol–water partition coefficient (Wildman–Crippen LogP) is 1.94. The van der Waals surface area contributed by atoms with E-state index in [9.17, 15) is 22.8 Å². The molecule has 39 heavy (non-hydrogen) atoms. The second-order valence-electron chi connectivity index (χ2n) is 8.74. The number of hydrogen-bond donors (Lipinski definition) is 3. The van der Waals surface area contributed by atoms with Gasteiger partial charge in [-0.25, -0.2) is 8.42 Å². The molecule has 208 valence electrons. The molecular weight excluding hydrogens is 568 g/mol. The van der Waals surface area contributed by atoms with Gasteiger partial charge in [0.25, 0.3) is 5.91 Å². The molecule has 0 unspecified atom stereocenters. The molecule has 2 aromatic heterocycles. The number of rotatable bonds is 11. The number of anilines is 2. The molecule has 15 heteroatoms. The van der Waals surface area contributed by atoms with Gasteiger partial charge in [-0.1, -0.05) is 17.7 Å². The topological polar surface area (TPSA) is 166 Å². The van der Waals surface area contributed by atoms with Crippen LogP contribution in [0.2, 0.25) is 4.34 Å². The van der Waals surface area contributed by atoms with Crippen LogP contribution in [-0.2, 0) is 30.9 Å². The number of amides is 2. The van der Waals surface area contributed by atoms with Crippen molar-refractivity contribution in [2.24, 2.45) is 0 Å². The van der Waals surface area contributed by atoms with Gasteiger partial charge in [0, 0.05) is 31.4 Å². The first kappa shape index (κ1) is 28.5. The largest absolute Gasteiger partial charge is 0.462 e. The molecular formula is C24H27ClN6O6S2. The van der Waals surface area contributed by atoms with Crippen LogP contribution in [0.1, 0.15) is 28.1 Å². The molecule has 4 rings (SSSR count). The van der Waals surface area contributed by atoms with Crippen molar-refractivity contribution in [3.05, 3.63) is 57.5 Å². The summed E-state index contributed by atoms with van der Waals surface area (Å²) in [6, 6.07) is 6.22. The summed E-state index contributed by atoms with van der Waals surface area (Å²) in [5.41, 5.74) is 6.92. The Morgan fingerprint density at radius 1 is 1.28 bits per heavy atom. The van der Waals surface area contributed by atoms with Gasteiger partial charge >= 0.3 is 5.97 Å². The summed E-state index contributed by atoms with van der Waals surface area (Å²) in [4.78, 5) is 39.5. The average Bonchev–Trinajstić information content (AvgIpc) is 3.63. The van der Waals surface area contributed by atoms with Crippen LogP contribution in [0.4, 0.5) is 11.4 Å². The van der Waals surface area contributed by atoms with Crippen molar-refractivity contribution in [1.29, 1.82) is 0 Å². The maximum absolute atomic E-state index is 13.5. The molecule has 12 nitrogen and oxygen atoms in total. The molecule has 1 saturated heterocycles. The van der Waals surface area contributed by atoms with E-state index >= 15 is 0 Å². The van der Waals surface area contributed by atoms with Gasteiger partial charge in [-0.2, -0.15) is 9.82 Å². The molecule has 3 aromatic rings. The molecule has 1 aliphatic rings. The zero-order chi connectivity index (χ0) is 28.2. The first-order valence-electron chi connectivity index (χ1n) is 12.0. The molecule has 1 fully saturated rings. The second-order valence-corrected chi connectivity index (χ2v) is 12.1. The van der Waals surface area contributed by atoms with Gasteiger partial charge in [0.2, 0.25) is 15.9 Å². The summed E-state index contributed by atoms with van der Waals surface area (Å²) < 4.78 is 36.4. The number of sulfonamides is 1. The number of thiophene rings is 1. The number of nitrogen functional groups attached to an aromatic ring is 1. The SMILES string of the molecule is Cc1c(N2CCCC2=O)cccc1S(=O)(=O)N[C@@H](CNC(=O)c1ccc(Cl)s1)C(=O)OCCn1cc(N)cn1. The molecule has 0 bridgehead atoms. The van der Waals surface area contributed by atoms with Gasteiger partial charge in [-0.3, -0.25) is 19.1 Å². The zero-order valence-corrected chi connectivity index (χ0v) is 23.3. The first-order valence-corrected chi connectivity index (χ1v) is 14.6. The van der Waals surface area contributed by atoms with E-state index in [0.717, 1.165) is 11.3 Å². The van der Waals surface area contributed by atoms with Crippen LogP contribution in [0, 0.1) is 6.92 Å². The highest BCUT2D eigenvalue weighted by Crippen LogP contribution is 2.29. The highest BCUT2D eigenvalue weighted by Gasteiger charge is 2.31. The summed E-state index contributed by atoms with van der Waals surface area (Å²) in [6.45, 7) is 1.78. The average molecular weight is 595 g/mol. The third kappa shape index (κ3) is 6.95. The molecule has 3 heterocycles. The fraction of sp³-hybridized carbons (Fsp3) is 0.333. The Morgan fingerprint density at radius 3 is 2.72 bits per heavy atom. The Bertz CT molecular complexity index is 1490. The van der Waals surface area contributed by atoms with Crippen LogP contribution in [0.5, 0.6) is 0 Å². The van der Waals surface area contributed by atoms with Crippen molar-refractivity contribution in [3.8, 4) is 0 Å². The van der Waals surface area contributed by atoms with Gasteiger partial charge in [-0.05, 0) is 43.2 Å². The molecule has 0 saturated carbocycles. The maximum atomic E-state index is 13.5. The van der Waals surface area contributed by atoms with Crippen LogP contribution in [0.25, 0.3) is 0 Å². The monoisotopic (exact) mass is 594 g/mol. The summed E-state index contributed by atoms with van der Waals surface area (Å²) in [5, 5.41) is 6.56. The Balaban J connectivity index is 1.52. The second kappa shape index (κ2) is 12.2. The summed E-state index contributed by atoms with van der Waals surface area (Å²) >= 11 is 6.94. The van der Waals surface area contributed by atoms with Crippen molar-refractivity contribution in [1.82, 2.24) is 19.8 Å². The molecule has 1 aliphatic heterocycles. The molecule has 2 amide bonds. The maximum Gasteiger partial charge on any atom is 0.326 e. The van der Waals surface area contributed by atoms with Crippen molar-refractivity contribution < 1.29 is 27.5 Å². The van der Waals surface area contributed by atoms with Gasteiger partial charge in [-0.15, -0.1) is 11.3 Å². The van der Waals surface area contributed by atoms with Gasteiger partial charge in [0.15, 0.2) is 0 Å². The molecule has 0 spiro atoms. The van der Waals surface area contributed by atoms with E-state index in [1.165, 1.54) is 29.1 Å². The van der Waals surface area contributed by atoms with Crippen LogP contribution in [-0.4, -0.2) is 61.7 Å². The minimum absolute atomic E-state index is 0.0857. The number of halogens is 1. The van der Waals surface area contributed by atoms with E-state index in [2.05, 4.69) is 15.1 Å². The molecule has 1 atom stereocenters. The van der Waals surface area contributed by atoms with Crippen molar-refractivity contribution >= 4 is 62.1 Å². The van der Waals surface area contributed by atoms with E-state index in [4.69, 9.17) is 22.1 Å². The lowest BCUT2D eigenvalue weighted by atomic mass is 10.2. The number of hydrogen-bond acceptors (Lipinski definition) is 9. The summed E-state index contributed by atoms with van der Waals surface area (Å²) in [5.74, 6) is -1.51. The normalized spacial score (nSPS) is 14.4. The Morgan fingerprint density at radius 2 is 2.08 bits per heavy atom.